The minimum atomic E-state index is -4.38. The summed E-state index contributed by atoms with van der Waals surface area (Å²) in [4.78, 5) is 1.62. The molecule has 0 aromatic heterocycles. The summed E-state index contributed by atoms with van der Waals surface area (Å²) in [7, 11) is -3.99. The van der Waals surface area contributed by atoms with E-state index in [1.807, 2.05) is 6.07 Å². The molecule has 0 unspecified atom stereocenters. The summed E-state index contributed by atoms with van der Waals surface area (Å²) in [5, 5.41) is 20.1. The van der Waals surface area contributed by atoms with E-state index in [1.165, 1.54) is 52.8 Å². The quantitative estimate of drug-likeness (QED) is 0.264. The number of anilines is 2. The number of halogens is 4. The van der Waals surface area contributed by atoms with E-state index in [2.05, 4.69) is 5.32 Å². The Morgan fingerprint density at radius 2 is 1.77 bits per heavy atom. The zero-order valence-corrected chi connectivity index (χ0v) is 22.4. The van der Waals surface area contributed by atoms with E-state index in [9.17, 15) is 26.0 Å². The van der Waals surface area contributed by atoms with Crippen molar-refractivity contribution in [3.8, 4) is 6.07 Å². The van der Waals surface area contributed by atoms with Gasteiger partial charge in [0.25, 0.3) is 0 Å². The molecule has 0 radical (unpaired) electrons. The fraction of sp³-hybridized carbons (Fsp3) is 0.286. The predicted molar refractivity (Wildman–Crippen MR) is 144 cm³/mol. The highest BCUT2D eigenvalue weighted by molar-refractivity contribution is 7.89. The Balaban J connectivity index is 1.69. The highest BCUT2D eigenvalue weighted by Crippen LogP contribution is 2.35. The van der Waals surface area contributed by atoms with Crippen molar-refractivity contribution in [3.05, 3.63) is 88.7 Å². The van der Waals surface area contributed by atoms with Crippen LogP contribution < -0.4 is 5.32 Å². The van der Waals surface area contributed by atoms with Gasteiger partial charge in [0.1, 0.15) is 5.82 Å². The van der Waals surface area contributed by atoms with Crippen LogP contribution in [-0.4, -0.2) is 56.2 Å². The van der Waals surface area contributed by atoms with E-state index in [0.29, 0.717) is 33.6 Å². The summed E-state index contributed by atoms with van der Waals surface area (Å²) in [5.74, 6) is -0.402. The molecular weight excluding hydrogens is 546 g/mol. The zero-order chi connectivity index (χ0) is 29.1. The molecule has 2 N–H and O–H groups in total. The van der Waals surface area contributed by atoms with Crippen LogP contribution in [0.15, 0.2) is 65.6 Å². The van der Waals surface area contributed by atoms with Gasteiger partial charge in [-0.3, -0.25) is 4.90 Å². The fourth-order valence-electron chi connectivity index (χ4n) is 4.72. The Hall–Kier alpha value is -3.79. The van der Waals surface area contributed by atoms with Crippen molar-refractivity contribution >= 4 is 27.6 Å². The highest BCUT2D eigenvalue weighted by atomic mass is 32.2. The normalized spacial score (nSPS) is 16.9. The molecule has 1 fully saturated rings. The fourth-order valence-corrected chi connectivity index (χ4v) is 6.15. The summed E-state index contributed by atoms with van der Waals surface area (Å²) >= 11 is 0. The Labute approximate surface area is 230 Å². The highest BCUT2D eigenvalue weighted by Gasteiger charge is 2.37. The molecule has 3 aromatic rings. The summed E-state index contributed by atoms with van der Waals surface area (Å²) in [6.07, 6.45) is -4.33. The molecule has 1 atom stereocenters. The van der Waals surface area contributed by atoms with E-state index >= 15 is 0 Å². The third-order valence-corrected chi connectivity index (χ3v) is 8.71. The molecule has 1 aliphatic heterocycles. The molecule has 0 saturated carbocycles. The number of nitrogens with one attached hydrogen (secondary N) is 2. The molecule has 1 heterocycles. The van der Waals surface area contributed by atoms with Gasteiger partial charge in [0, 0.05) is 55.4 Å². The molecule has 12 heteroatoms. The lowest BCUT2D eigenvalue weighted by Crippen LogP contribution is -2.51. The van der Waals surface area contributed by atoms with Gasteiger partial charge in [-0.1, -0.05) is 0 Å². The molecule has 3 aromatic carbocycles. The number of nitriles is 1. The number of nitrogens with zero attached hydrogens (tertiary/aromatic N) is 3. The van der Waals surface area contributed by atoms with E-state index in [4.69, 9.17) is 10.7 Å². The summed E-state index contributed by atoms with van der Waals surface area (Å²) in [6.45, 7) is 1.44. The Morgan fingerprint density at radius 3 is 2.38 bits per heavy atom. The number of piperazine rings is 1. The summed E-state index contributed by atoms with van der Waals surface area (Å²) in [5.41, 5.74) is 3.16. The van der Waals surface area contributed by atoms with Gasteiger partial charge in [0.2, 0.25) is 10.0 Å². The molecule has 0 aliphatic carbocycles. The standard InChI is InChI=1S/C28H27F4N5O2S/c1-19-14-26(35-23-6-4-22(29)5-7-23)21(17-34)15-25(19)27-18-37(13-12-36(27)11-10-28(30,31)32)40(38,39)24-8-2-20(16-33)3-9-24/h2-9,14-15,17,27,34-35H,10-13,18H2,1H3/t27-/m1/s1. The van der Waals surface area contributed by atoms with Gasteiger partial charge < -0.3 is 10.7 Å². The first-order valence-corrected chi connectivity index (χ1v) is 13.8. The van der Waals surface area contributed by atoms with E-state index < -0.39 is 34.5 Å². The van der Waals surface area contributed by atoms with Crippen LogP contribution in [0.5, 0.6) is 0 Å². The summed E-state index contributed by atoms with van der Waals surface area (Å²) in [6, 6.07) is 15.8. The predicted octanol–water partition coefficient (Wildman–Crippen LogP) is 5.75. The molecule has 7 nitrogen and oxygen atoms in total. The number of rotatable bonds is 8. The average Bonchev–Trinajstić information content (AvgIpc) is 2.93. The molecule has 4 rings (SSSR count). The maximum atomic E-state index is 13.4. The smallest absolute Gasteiger partial charge is 0.355 e. The van der Waals surface area contributed by atoms with Crippen molar-refractivity contribution in [2.45, 2.75) is 30.5 Å². The third kappa shape index (κ3) is 6.67. The molecule has 1 aliphatic rings. The first-order valence-electron chi connectivity index (χ1n) is 12.4. The van der Waals surface area contributed by atoms with Crippen molar-refractivity contribution in [3.63, 3.8) is 0 Å². The molecule has 1 saturated heterocycles. The SMILES string of the molecule is Cc1cc(Nc2ccc(F)cc2)c(C=N)cc1[C@H]1CN(S(=O)(=O)c2ccc(C#N)cc2)CCN1CCC(F)(F)F. The Morgan fingerprint density at radius 1 is 1.10 bits per heavy atom. The van der Waals surface area contributed by atoms with E-state index in [1.54, 1.807) is 24.0 Å². The van der Waals surface area contributed by atoms with Crippen molar-refractivity contribution in [1.29, 1.82) is 10.7 Å². The average molecular weight is 574 g/mol. The second kappa shape index (κ2) is 11.8. The lowest BCUT2D eigenvalue weighted by atomic mass is 9.94. The number of hydrogen-bond donors (Lipinski definition) is 2. The summed E-state index contributed by atoms with van der Waals surface area (Å²) < 4.78 is 80.9. The molecule has 0 amide bonds. The van der Waals surface area contributed by atoms with Crippen LogP contribution in [0.25, 0.3) is 0 Å². The van der Waals surface area contributed by atoms with Gasteiger partial charge in [-0.05, 0) is 78.7 Å². The van der Waals surface area contributed by atoms with E-state index in [-0.39, 0.29) is 31.1 Å². The van der Waals surface area contributed by atoms with Crippen LogP contribution in [0.1, 0.15) is 34.7 Å². The van der Waals surface area contributed by atoms with Crippen molar-refractivity contribution in [1.82, 2.24) is 9.21 Å². The second-order valence-corrected chi connectivity index (χ2v) is 11.4. The second-order valence-electron chi connectivity index (χ2n) is 9.49. The van der Waals surface area contributed by atoms with Gasteiger partial charge in [0.05, 0.1) is 22.9 Å². The van der Waals surface area contributed by atoms with E-state index in [0.717, 1.165) is 6.21 Å². The lowest BCUT2D eigenvalue weighted by molar-refractivity contribution is -0.140. The number of benzene rings is 3. The van der Waals surface area contributed by atoms with Crippen molar-refractivity contribution in [2.75, 3.05) is 31.5 Å². The number of alkyl halides is 3. The van der Waals surface area contributed by atoms with Crippen LogP contribution in [0, 0.1) is 29.5 Å². The lowest BCUT2D eigenvalue weighted by Gasteiger charge is -2.42. The zero-order valence-electron chi connectivity index (χ0n) is 21.5. The van der Waals surface area contributed by atoms with Crippen molar-refractivity contribution < 1.29 is 26.0 Å². The first-order chi connectivity index (χ1) is 18.9. The molecule has 0 bridgehead atoms. The largest absolute Gasteiger partial charge is 0.390 e. The maximum absolute atomic E-state index is 13.4. The molecule has 0 spiro atoms. The Kier molecular flexibility index (Phi) is 8.58. The first kappa shape index (κ1) is 29.2. The molecule has 40 heavy (non-hydrogen) atoms. The molecular formula is C28H27F4N5O2S. The number of sulfonamides is 1. The monoisotopic (exact) mass is 573 g/mol. The third-order valence-electron chi connectivity index (χ3n) is 6.83. The van der Waals surface area contributed by atoms with Gasteiger partial charge in [0.15, 0.2) is 0 Å². The van der Waals surface area contributed by atoms with Crippen LogP contribution in [0.4, 0.5) is 28.9 Å². The van der Waals surface area contributed by atoms with Gasteiger partial charge >= 0.3 is 6.18 Å². The van der Waals surface area contributed by atoms with Crippen molar-refractivity contribution in [2.24, 2.45) is 0 Å². The molecule has 210 valence electrons. The van der Waals surface area contributed by atoms with Crippen LogP contribution >= 0.6 is 0 Å². The Bertz CT molecular complexity index is 1520. The van der Waals surface area contributed by atoms with Crippen LogP contribution in [-0.2, 0) is 10.0 Å². The van der Waals surface area contributed by atoms with Gasteiger partial charge in [-0.2, -0.15) is 22.7 Å². The number of aryl methyl sites for hydroxylation is 1. The van der Waals surface area contributed by atoms with Crippen LogP contribution in [0.2, 0.25) is 0 Å². The topological polar surface area (TPSA) is 100 Å². The minimum Gasteiger partial charge on any atom is -0.355 e. The van der Waals surface area contributed by atoms with Gasteiger partial charge in [-0.25, -0.2) is 12.8 Å². The number of hydrogen-bond acceptors (Lipinski definition) is 6. The van der Waals surface area contributed by atoms with Crippen LogP contribution in [0.3, 0.4) is 0 Å². The minimum absolute atomic E-state index is 0.00261. The van der Waals surface area contributed by atoms with Gasteiger partial charge in [-0.15, -0.1) is 0 Å². The maximum Gasteiger partial charge on any atom is 0.390 e.